The maximum atomic E-state index is 6.19. The van der Waals surface area contributed by atoms with E-state index >= 15 is 0 Å². The van der Waals surface area contributed by atoms with Crippen LogP contribution in [-0.4, -0.2) is 34.1 Å². The number of pyridine rings is 1. The lowest BCUT2D eigenvalue weighted by atomic mass is 10.1. The van der Waals surface area contributed by atoms with Gasteiger partial charge in [-0.3, -0.25) is 0 Å². The summed E-state index contributed by atoms with van der Waals surface area (Å²) in [6, 6.07) is 11.0. The number of benzene rings is 1. The molecule has 0 amide bonds. The summed E-state index contributed by atoms with van der Waals surface area (Å²) in [5.41, 5.74) is 9.19. The highest BCUT2D eigenvalue weighted by atomic mass is 35.5. The second-order valence-corrected chi connectivity index (χ2v) is 6.63. The second kappa shape index (κ2) is 7.77. The molecule has 0 saturated carbocycles. The molecule has 7 nitrogen and oxygen atoms in total. The highest BCUT2D eigenvalue weighted by Crippen LogP contribution is 2.29. The Labute approximate surface area is 162 Å². The van der Waals surface area contributed by atoms with Crippen molar-refractivity contribution in [3.63, 3.8) is 0 Å². The monoisotopic (exact) mass is 382 g/mol. The van der Waals surface area contributed by atoms with E-state index < -0.39 is 0 Å². The van der Waals surface area contributed by atoms with Crippen LogP contribution in [0.25, 0.3) is 11.3 Å². The zero-order valence-electron chi connectivity index (χ0n) is 14.5. The molecule has 4 rings (SSSR count). The summed E-state index contributed by atoms with van der Waals surface area (Å²) >= 11 is 5.91. The van der Waals surface area contributed by atoms with E-state index in [4.69, 9.17) is 22.1 Å². The molecule has 3 heterocycles. The van der Waals surface area contributed by atoms with Crippen molar-refractivity contribution in [2.24, 2.45) is 0 Å². The quantitative estimate of drug-likeness (QED) is 0.460. The third kappa shape index (κ3) is 4.27. The summed E-state index contributed by atoms with van der Waals surface area (Å²) in [5, 5.41) is 6.80. The minimum atomic E-state index is 0.167. The molecule has 1 aliphatic heterocycles. The van der Waals surface area contributed by atoms with Crippen molar-refractivity contribution in [2.75, 3.05) is 24.1 Å². The summed E-state index contributed by atoms with van der Waals surface area (Å²) in [6.07, 6.45) is 4.47. The van der Waals surface area contributed by atoms with E-state index in [0.29, 0.717) is 22.5 Å². The molecule has 1 fully saturated rings. The second-order valence-electron chi connectivity index (χ2n) is 6.24. The molecule has 0 radical (unpaired) electrons. The van der Waals surface area contributed by atoms with Crippen LogP contribution in [0.4, 0.5) is 17.3 Å². The van der Waals surface area contributed by atoms with Crippen molar-refractivity contribution in [2.45, 2.75) is 12.5 Å². The zero-order chi connectivity index (χ0) is 18.6. The van der Waals surface area contributed by atoms with Crippen LogP contribution >= 0.6 is 11.6 Å². The summed E-state index contributed by atoms with van der Waals surface area (Å²) in [4.78, 5) is 12.8. The van der Waals surface area contributed by atoms with Gasteiger partial charge in [-0.2, -0.15) is 0 Å². The van der Waals surface area contributed by atoms with Crippen LogP contribution in [0, 0.1) is 0 Å². The summed E-state index contributed by atoms with van der Waals surface area (Å²) in [5.74, 6) is 1.16. The molecule has 0 spiro atoms. The SMILES string of the molecule is Nc1cc(-c2ccnc(Nc3ccnc(Cl)c3)n2)ccc1O[C@@H]1CCNC1. The average Bonchev–Trinajstić information content (AvgIpc) is 3.17. The molecule has 1 aromatic carbocycles. The molecular weight excluding hydrogens is 364 g/mol. The molecule has 2 aromatic heterocycles. The largest absolute Gasteiger partial charge is 0.487 e. The Morgan fingerprint density at radius 1 is 1.15 bits per heavy atom. The first-order valence-corrected chi connectivity index (χ1v) is 9.04. The third-order valence-electron chi connectivity index (χ3n) is 4.25. The Morgan fingerprint density at radius 3 is 2.81 bits per heavy atom. The highest BCUT2D eigenvalue weighted by molar-refractivity contribution is 6.29. The van der Waals surface area contributed by atoms with Gasteiger partial charge in [0.1, 0.15) is 17.0 Å². The van der Waals surface area contributed by atoms with E-state index in [1.807, 2.05) is 24.3 Å². The fraction of sp³-hybridized carbons (Fsp3) is 0.211. The van der Waals surface area contributed by atoms with E-state index in [1.165, 1.54) is 0 Å². The summed E-state index contributed by atoms with van der Waals surface area (Å²) in [6.45, 7) is 1.82. The van der Waals surface area contributed by atoms with Crippen molar-refractivity contribution in [1.82, 2.24) is 20.3 Å². The van der Waals surface area contributed by atoms with Gasteiger partial charge in [-0.05, 0) is 49.4 Å². The van der Waals surface area contributed by atoms with E-state index in [9.17, 15) is 0 Å². The Hall–Kier alpha value is -2.90. The molecule has 1 saturated heterocycles. The van der Waals surface area contributed by atoms with Gasteiger partial charge in [0.05, 0.1) is 11.4 Å². The van der Waals surface area contributed by atoms with Gasteiger partial charge < -0.3 is 21.1 Å². The predicted octanol–water partition coefficient (Wildman–Crippen LogP) is 3.26. The minimum Gasteiger partial charge on any atom is -0.487 e. The topological polar surface area (TPSA) is 98.0 Å². The number of rotatable bonds is 5. The number of aromatic nitrogens is 3. The van der Waals surface area contributed by atoms with Crippen LogP contribution in [0.15, 0.2) is 48.8 Å². The van der Waals surface area contributed by atoms with Crippen molar-refractivity contribution in [3.05, 3.63) is 53.9 Å². The molecule has 3 aromatic rings. The summed E-state index contributed by atoms with van der Waals surface area (Å²) < 4.78 is 5.96. The van der Waals surface area contributed by atoms with Gasteiger partial charge in [0.15, 0.2) is 0 Å². The number of ether oxygens (including phenoxy) is 1. The highest BCUT2D eigenvalue weighted by Gasteiger charge is 2.17. The van der Waals surface area contributed by atoms with Gasteiger partial charge in [-0.15, -0.1) is 0 Å². The molecule has 138 valence electrons. The number of hydrogen-bond acceptors (Lipinski definition) is 7. The van der Waals surface area contributed by atoms with Crippen molar-refractivity contribution < 1.29 is 4.74 Å². The van der Waals surface area contributed by atoms with E-state index in [1.54, 1.807) is 24.5 Å². The van der Waals surface area contributed by atoms with Crippen molar-refractivity contribution in [3.8, 4) is 17.0 Å². The first-order chi connectivity index (χ1) is 13.2. The van der Waals surface area contributed by atoms with E-state index in [0.717, 1.165) is 36.5 Å². The maximum Gasteiger partial charge on any atom is 0.227 e. The predicted molar refractivity (Wildman–Crippen MR) is 106 cm³/mol. The molecule has 1 aliphatic rings. The zero-order valence-corrected chi connectivity index (χ0v) is 15.3. The average molecular weight is 383 g/mol. The van der Waals surface area contributed by atoms with E-state index in [2.05, 4.69) is 25.6 Å². The van der Waals surface area contributed by atoms with Gasteiger partial charge in [0.25, 0.3) is 0 Å². The van der Waals surface area contributed by atoms with Gasteiger partial charge in [0, 0.05) is 30.2 Å². The first-order valence-electron chi connectivity index (χ1n) is 8.66. The Bertz CT molecular complexity index is 945. The maximum absolute atomic E-state index is 6.19. The number of nitrogens with zero attached hydrogens (tertiary/aromatic N) is 3. The lowest BCUT2D eigenvalue weighted by molar-refractivity contribution is 0.224. The van der Waals surface area contributed by atoms with Crippen molar-refractivity contribution in [1.29, 1.82) is 0 Å². The van der Waals surface area contributed by atoms with Crippen LogP contribution < -0.4 is 21.1 Å². The molecule has 0 aliphatic carbocycles. The number of halogens is 1. The van der Waals surface area contributed by atoms with Gasteiger partial charge in [0.2, 0.25) is 5.95 Å². The lowest BCUT2D eigenvalue weighted by Crippen LogP contribution is -2.20. The van der Waals surface area contributed by atoms with Crippen LogP contribution in [0.2, 0.25) is 5.15 Å². The molecule has 1 atom stereocenters. The molecule has 27 heavy (non-hydrogen) atoms. The molecule has 0 bridgehead atoms. The number of anilines is 3. The first kappa shape index (κ1) is 17.5. The van der Waals surface area contributed by atoms with Crippen molar-refractivity contribution >= 4 is 28.9 Å². The Morgan fingerprint density at radius 2 is 2.04 bits per heavy atom. The van der Waals surface area contributed by atoms with Gasteiger partial charge in [-0.25, -0.2) is 15.0 Å². The smallest absolute Gasteiger partial charge is 0.227 e. The Balaban J connectivity index is 1.53. The minimum absolute atomic E-state index is 0.167. The summed E-state index contributed by atoms with van der Waals surface area (Å²) in [7, 11) is 0. The normalized spacial score (nSPS) is 16.3. The molecular formula is C19H19ClN6O. The fourth-order valence-electron chi connectivity index (χ4n) is 2.91. The molecule has 0 unspecified atom stereocenters. The van der Waals surface area contributed by atoms with Gasteiger partial charge >= 0.3 is 0 Å². The van der Waals surface area contributed by atoms with E-state index in [-0.39, 0.29) is 6.10 Å². The van der Waals surface area contributed by atoms with Crippen LogP contribution in [0.3, 0.4) is 0 Å². The van der Waals surface area contributed by atoms with Gasteiger partial charge in [-0.1, -0.05) is 11.6 Å². The Kier molecular flexibility index (Phi) is 5.04. The van der Waals surface area contributed by atoms with Crippen LogP contribution in [0.5, 0.6) is 5.75 Å². The standard InChI is InChI=1S/C19H19ClN6O/c20-18-10-13(3-7-23-18)25-19-24-8-5-16(26-19)12-1-2-17(15(21)9-12)27-14-4-6-22-11-14/h1-3,5,7-10,14,22H,4,6,11,21H2,(H,23,24,25,26)/t14-/m1/s1. The number of nitrogens with one attached hydrogen (secondary N) is 2. The number of nitrogens with two attached hydrogens (primary N) is 1. The number of hydrogen-bond donors (Lipinski definition) is 3. The lowest BCUT2D eigenvalue weighted by Gasteiger charge is -2.15. The fourth-order valence-corrected chi connectivity index (χ4v) is 3.09. The van der Waals surface area contributed by atoms with Crippen LogP contribution in [-0.2, 0) is 0 Å². The van der Waals surface area contributed by atoms with Crippen LogP contribution in [0.1, 0.15) is 6.42 Å². The number of nitrogen functional groups attached to an aromatic ring is 1. The third-order valence-corrected chi connectivity index (χ3v) is 4.46. The molecule has 8 heteroatoms. The molecule has 4 N–H and O–H groups in total.